The van der Waals surface area contributed by atoms with Gasteiger partial charge in [0, 0.05) is 13.0 Å². The molecule has 12 heavy (non-hydrogen) atoms. The molecule has 3 nitrogen and oxygen atoms in total. The van der Waals surface area contributed by atoms with Crippen molar-refractivity contribution in [1.29, 1.82) is 0 Å². The van der Waals surface area contributed by atoms with E-state index in [4.69, 9.17) is 9.84 Å². The Morgan fingerprint density at radius 3 is 2.58 bits per heavy atom. The minimum atomic E-state index is -0.712. The maximum absolute atomic E-state index is 9.97. The van der Waals surface area contributed by atoms with E-state index in [1.165, 1.54) is 0 Å². The second kappa shape index (κ2) is 3.32. The maximum atomic E-state index is 9.97. The summed E-state index contributed by atoms with van der Waals surface area (Å²) in [5.41, 5.74) is -0.960. The van der Waals surface area contributed by atoms with Crippen LogP contribution < -0.4 is 0 Å². The Kier molecular flexibility index (Phi) is 2.76. The standard InChI is InChI=1S/C9H18O3/c1-8(2)7-9(11,3-5-10)4-6-12-8/h10-11H,3-7H2,1-2H3/t9-/m1/s1. The SMILES string of the molecule is CC1(C)C[C@@](O)(CCO)CCO1. The molecule has 0 aromatic heterocycles. The van der Waals surface area contributed by atoms with Gasteiger partial charge in [0.05, 0.1) is 17.8 Å². The molecule has 72 valence electrons. The molecule has 0 amide bonds. The topological polar surface area (TPSA) is 49.7 Å². The van der Waals surface area contributed by atoms with E-state index in [0.29, 0.717) is 25.9 Å². The van der Waals surface area contributed by atoms with Crippen molar-refractivity contribution in [2.75, 3.05) is 13.2 Å². The molecule has 1 fully saturated rings. The van der Waals surface area contributed by atoms with Crippen LogP contribution in [0.5, 0.6) is 0 Å². The molecular weight excluding hydrogens is 156 g/mol. The van der Waals surface area contributed by atoms with Crippen molar-refractivity contribution in [3.63, 3.8) is 0 Å². The summed E-state index contributed by atoms with van der Waals surface area (Å²) in [6.45, 7) is 4.57. The summed E-state index contributed by atoms with van der Waals surface area (Å²) >= 11 is 0. The molecule has 1 rings (SSSR count). The van der Waals surface area contributed by atoms with Crippen LogP contribution >= 0.6 is 0 Å². The lowest BCUT2D eigenvalue weighted by Crippen LogP contribution is -2.46. The zero-order chi connectivity index (χ0) is 9.24. The van der Waals surface area contributed by atoms with Gasteiger partial charge in [-0.2, -0.15) is 0 Å². The van der Waals surface area contributed by atoms with Gasteiger partial charge in [0.2, 0.25) is 0 Å². The van der Waals surface area contributed by atoms with Gasteiger partial charge < -0.3 is 14.9 Å². The number of ether oxygens (including phenoxy) is 1. The highest BCUT2D eigenvalue weighted by molar-refractivity contribution is 4.90. The molecule has 0 unspecified atom stereocenters. The Labute approximate surface area is 73.4 Å². The lowest BCUT2D eigenvalue weighted by molar-refractivity contribution is -0.149. The number of aliphatic hydroxyl groups is 2. The molecule has 1 heterocycles. The van der Waals surface area contributed by atoms with Gasteiger partial charge in [0.1, 0.15) is 0 Å². The normalized spacial score (nSPS) is 35.0. The number of aliphatic hydroxyl groups excluding tert-OH is 1. The van der Waals surface area contributed by atoms with E-state index in [2.05, 4.69) is 0 Å². The zero-order valence-electron chi connectivity index (χ0n) is 7.84. The van der Waals surface area contributed by atoms with Crippen molar-refractivity contribution < 1.29 is 14.9 Å². The Morgan fingerprint density at radius 2 is 2.08 bits per heavy atom. The molecule has 0 aromatic carbocycles. The molecule has 1 saturated heterocycles. The molecule has 0 spiro atoms. The second-order valence-corrected chi connectivity index (χ2v) is 4.23. The molecule has 3 heteroatoms. The summed E-state index contributed by atoms with van der Waals surface area (Å²) in [6, 6.07) is 0. The van der Waals surface area contributed by atoms with Gasteiger partial charge in [-0.25, -0.2) is 0 Å². The highest BCUT2D eigenvalue weighted by atomic mass is 16.5. The molecule has 1 atom stereocenters. The summed E-state index contributed by atoms with van der Waals surface area (Å²) in [7, 11) is 0. The van der Waals surface area contributed by atoms with Gasteiger partial charge in [-0.15, -0.1) is 0 Å². The fourth-order valence-corrected chi connectivity index (χ4v) is 1.87. The third kappa shape index (κ3) is 2.44. The van der Waals surface area contributed by atoms with Gasteiger partial charge in [-0.1, -0.05) is 0 Å². The van der Waals surface area contributed by atoms with Crippen LogP contribution in [0, 0.1) is 0 Å². The predicted molar refractivity (Wildman–Crippen MR) is 45.9 cm³/mol. The van der Waals surface area contributed by atoms with E-state index in [1.807, 2.05) is 13.8 Å². The molecule has 1 aliphatic rings. The Hall–Kier alpha value is -0.120. The lowest BCUT2D eigenvalue weighted by Gasteiger charge is -2.41. The number of hydrogen-bond acceptors (Lipinski definition) is 3. The zero-order valence-corrected chi connectivity index (χ0v) is 7.84. The van der Waals surface area contributed by atoms with Crippen molar-refractivity contribution in [3.05, 3.63) is 0 Å². The fraction of sp³-hybridized carbons (Fsp3) is 1.00. The molecule has 0 saturated carbocycles. The Morgan fingerprint density at radius 1 is 1.42 bits per heavy atom. The predicted octanol–water partition coefficient (Wildman–Crippen LogP) is 0.689. The van der Waals surface area contributed by atoms with Crippen molar-refractivity contribution in [1.82, 2.24) is 0 Å². The first-order chi connectivity index (χ1) is 5.47. The highest BCUT2D eigenvalue weighted by Gasteiger charge is 2.38. The van der Waals surface area contributed by atoms with E-state index >= 15 is 0 Å². The van der Waals surface area contributed by atoms with Crippen molar-refractivity contribution in [2.24, 2.45) is 0 Å². The van der Waals surface area contributed by atoms with Crippen molar-refractivity contribution in [3.8, 4) is 0 Å². The van der Waals surface area contributed by atoms with Gasteiger partial charge in [-0.3, -0.25) is 0 Å². The van der Waals surface area contributed by atoms with Crippen LogP contribution in [0.15, 0.2) is 0 Å². The highest BCUT2D eigenvalue weighted by Crippen LogP contribution is 2.33. The minimum absolute atomic E-state index is 0.0482. The first-order valence-corrected chi connectivity index (χ1v) is 4.45. The largest absolute Gasteiger partial charge is 0.396 e. The molecule has 0 aliphatic carbocycles. The van der Waals surface area contributed by atoms with E-state index < -0.39 is 5.60 Å². The summed E-state index contributed by atoms with van der Waals surface area (Å²) in [4.78, 5) is 0. The van der Waals surface area contributed by atoms with Crippen LogP contribution in [0.3, 0.4) is 0 Å². The Balaban J connectivity index is 2.55. The summed E-state index contributed by atoms with van der Waals surface area (Å²) in [6.07, 6.45) is 1.71. The van der Waals surface area contributed by atoms with Gasteiger partial charge >= 0.3 is 0 Å². The summed E-state index contributed by atoms with van der Waals surface area (Å²) < 4.78 is 5.47. The van der Waals surface area contributed by atoms with Crippen molar-refractivity contribution >= 4 is 0 Å². The fourth-order valence-electron chi connectivity index (χ4n) is 1.87. The Bertz CT molecular complexity index is 152. The molecule has 0 radical (unpaired) electrons. The third-order valence-corrected chi connectivity index (χ3v) is 2.39. The number of rotatable bonds is 2. The monoisotopic (exact) mass is 174 g/mol. The number of hydrogen-bond donors (Lipinski definition) is 2. The smallest absolute Gasteiger partial charge is 0.0718 e. The average Bonchev–Trinajstić information content (AvgIpc) is 1.83. The van der Waals surface area contributed by atoms with Crippen LogP contribution in [-0.4, -0.2) is 34.6 Å². The molecule has 1 aliphatic heterocycles. The molecule has 2 N–H and O–H groups in total. The van der Waals surface area contributed by atoms with Crippen LogP contribution in [0.1, 0.15) is 33.1 Å². The van der Waals surface area contributed by atoms with Crippen LogP contribution in [0.25, 0.3) is 0 Å². The quantitative estimate of drug-likeness (QED) is 0.647. The van der Waals surface area contributed by atoms with Crippen LogP contribution in [-0.2, 0) is 4.74 Å². The average molecular weight is 174 g/mol. The van der Waals surface area contributed by atoms with Gasteiger partial charge in [0.25, 0.3) is 0 Å². The molecule has 0 bridgehead atoms. The van der Waals surface area contributed by atoms with E-state index in [0.717, 1.165) is 0 Å². The second-order valence-electron chi connectivity index (χ2n) is 4.23. The first-order valence-electron chi connectivity index (χ1n) is 4.45. The van der Waals surface area contributed by atoms with Crippen molar-refractivity contribution in [2.45, 2.75) is 44.3 Å². The maximum Gasteiger partial charge on any atom is 0.0718 e. The minimum Gasteiger partial charge on any atom is -0.396 e. The van der Waals surface area contributed by atoms with E-state index in [-0.39, 0.29) is 12.2 Å². The van der Waals surface area contributed by atoms with Crippen LogP contribution in [0.4, 0.5) is 0 Å². The molecule has 0 aromatic rings. The van der Waals surface area contributed by atoms with E-state index in [9.17, 15) is 5.11 Å². The van der Waals surface area contributed by atoms with Crippen LogP contribution in [0.2, 0.25) is 0 Å². The van der Waals surface area contributed by atoms with Gasteiger partial charge in [-0.05, 0) is 26.7 Å². The van der Waals surface area contributed by atoms with E-state index in [1.54, 1.807) is 0 Å². The molecular formula is C9H18O3. The van der Waals surface area contributed by atoms with Gasteiger partial charge in [0.15, 0.2) is 0 Å². The lowest BCUT2D eigenvalue weighted by atomic mass is 9.82. The third-order valence-electron chi connectivity index (χ3n) is 2.39. The first kappa shape index (κ1) is 9.96. The summed E-state index contributed by atoms with van der Waals surface area (Å²) in [5.74, 6) is 0. The summed E-state index contributed by atoms with van der Waals surface area (Å²) in [5, 5.41) is 18.7.